The SMILES string of the molecule is [C-]#[N+]c1ccc(OC2CC3(C2)CN(C(=O)c2cccnn2)C3)cc1Br. The normalized spacial score (nSPS) is 18.2. The molecule has 1 amide bonds. The van der Waals surface area contributed by atoms with Gasteiger partial charge in [0.2, 0.25) is 5.69 Å². The minimum Gasteiger partial charge on any atom is -0.490 e. The number of hydrogen-bond donors (Lipinski definition) is 0. The van der Waals surface area contributed by atoms with E-state index in [4.69, 9.17) is 11.3 Å². The standard InChI is InChI=1S/C18H15BrN4O2/c1-20-15-5-4-12(7-14(15)19)25-13-8-18(9-13)10-23(11-18)17(24)16-3-2-6-21-22-16/h2-7,13H,8-11H2. The van der Waals surface area contributed by atoms with Crippen LogP contribution in [0.15, 0.2) is 41.0 Å². The van der Waals surface area contributed by atoms with Crippen LogP contribution < -0.4 is 4.74 Å². The first-order valence-electron chi connectivity index (χ1n) is 7.99. The first-order chi connectivity index (χ1) is 12.1. The van der Waals surface area contributed by atoms with Crippen molar-refractivity contribution in [3.05, 3.63) is 58.1 Å². The highest BCUT2D eigenvalue weighted by Crippen LogP contribution is 2.50. The van der Waals surface area contributed by atoms with Gasteiger partial charge in [0, 0.05) is 29.2 Å². The van der Waals surface area contributed by atoms with Gasteiger partial charge in [-0.1, -0.05) is 22.0 Å². The molecule has 2 aromatic rings. The van der Waals surface area contributed by atoms with E-state index < -0.39 is 0 Å². The molecule has 7 heteroatoms. The number of likely N-dealkylation sites (tertiary alicyclic amines) is 1. The van der Waals surface area contributed by atoms with Gasteiger partial charge in [0.1, 0.15) is 11.9 Å². The summed E-state index contributed by atoms with van der Waals surface area (Å²) < 4.78 is 6.73. The van der Waals surface area contributed by atoms with Crippen molar-refractivity contribution < 1.29 is 9.53 Å². The van der Waals surface area contributed by atoms with E-state index in [-0.39, 0.29) is 17.4 Å². The van der Waals surface area contributed by atoms with E-state index in [1.54, 1.807) is 24.4 Å². The summed E-state index contributed by atoms with van der Waals surface area (Å²) in [6.45, 7) is 8.56. The summed E-state index contributed by atoms with van der Waals surface area (Å²) in [6.07, 6.45) is 3.61. The van der Waals surface area contributed by atoms with Crippen LogP contribution in [-0.4, -0.2) is 40.2 Å². The molecule has 2 aliphatic rings. The Morgan fingerprint density at radius 1 is 1.36 bits per heavy atom. The second-order valence-corrected chi connectivity index (χ2v) is 7.50. The van der Waals surface area contributed by atoms with Gasteiger partial charge in [0.25, 0.3) is 5.91 Å². The van der Waals surface area contributed by atoms with Crippen molar-refractivity contribution >= 4 is 27.5 Å². The number of amides is 1. The number of aromatic nitrogens is 2. The summed E-state index contributed by atoms with van der Waals surface area (Å²) in [5.41, 5.74) is 1.17. The molecule has 1 aromatic heterocycles. The monoisotopic (exact) mass is 398 g/mol. The van der Waals surface area contributed by atoms with Crippen LogP contribution in [0.25, 0.3) is 4.85 Å². The van der Waals surface area contributed by atoms with Crippen LogP contribution in [0.3, 0.4) is 0 Å². The summed E-state index contributed by atoms with van der Waals surface area (Å²) in [5, 5.41) is 7.63. The van der Waals surface area contributed by atoms with Gasteiger partial charge in [-0.3, -0.25) is 4.79 Å². The lowest BCUT2D eigenvalue weighted by Crippen LogP contribution is -2.65. The third-order valence-corrected chi connectivity index (χ3v) is 5.43. The number of rotatable bonds is 3. The van der Waals surface area contributed by atoms with Crippen molar-refractivity contribution in [2.45, 2.75) is 18.9 Å². The number of nitrogens with zero attached hydrogens (tertiary/aromatic N) is 4. The maximum absolute atomic E-state index is 12.3. The van der Waals surface area contributed by atoms with Crippen molar-refractivity contribution in [3.8, 4) is 5.75 Å². The molecular formula is C18H15BrN4O2. The Hall–Kier alpha value is -2.46. The third kappa shape index (κ3) is 2.98. The topological polar surface area (TPSA) is 59.7 Å². The average molecular weight is 399 g/mol. The van der Waals surface area contributed by atoms with E-state index in [2.05, 4.69) is 31.0 Å². The molecular weight excluding hydrogens is 384 g/mol. The second-order valence-electron chi connectivity index (χ2n) is 6.64. The zero-order chi connectivity index (χ0) is 17.4. The fraction of sp³-hybridized carbons (Fsp3) is 0.333. The summed E-state index contributed by atoms with van der Waals surface area (Å²) >= 11 is 3.38. The minimum absolute atomic E-state index is 0.0539. The lowest BCUT2D eigenvalue weighted by atomic mass is 9.61. The van der Waals surface area contributed by atoms with Gasteiger partial charge in [-0.25, -0.2) is 4.85 Å². The zero-order valence-corrected chi connectivity index (χ0v) is 14.9. The van der Waals surface area contributed by atoms with Crippen molar-refractivity contribution in [2.75, 3.05) is 13.1 Å². The van der Waals surface area contributed by atoms with Gasteiger partial charge >= 0.3 is 0 Å². The van der Waals surface area contributed by atoms with Crippen LogP contribution in [0.5, 0.6) is 5.75 Å². The molecule has 1 spiro atoms. The highest BCUT2D eigenvalue weighted by Gasteiger charge is 2.54. The first-order valence-corrected chi connectivity index (χ1v) is 8.79. The van der Waals surface area contributed by atoms with E-state index >= 15 is 0 Å². The lowest BCUT2D eigenvalue weighted by Gasteiger charge is -2.58. The van der Waals surface area contributed by atoms with Gasteiger partial charge in [-0.15, -0.1) is 5.10 Å². The van der Waals surface area contributed by atoms with Gasteiger partial charge in [-0.05, 0) is 37.1 Å². The van der Waals surface area contributed by atoms with Crippen LogP contribution in [0.1, 0.15) is 23.3 Å². The molecule has 1 saturated carbocycles. The van der Waals surface area contributed by atoms with Gasteiger partial charge in [-0.2, -0.15) is 5.10 Å². The number of benzene rings is 1. The summed E-state index contributed by atoms with van der Waals surface area (Å²) in [5.74, 6) is 0.715. The van der Waals surface area contributed by atoms with Crippen molar-refractivity contribution in [1.29, 1.82) is 0 Å². The predicted octanol–water partition coefficient (Wildman–Crippen LogP) is 3.47. The molecule has 0 atom stereocenters. The second kappa shape index (κ2) is 6.12. The Morgan fingerprint density at radius 3 is 2.80 bits per heavy atom. The van der Waals surface area contributed by atoms with Crippen LogP contribution in [0.4, 0.5) is 5.69 Å². The van der Waals surface area contributed by atoms with Gasteiger partial charge < -0.3 is 9.64 Å². The largest absolute Gasteiger partial charge is 0.490 e. The number of carbonyl (C=O) groups excluding carboxylic acids is 1. The Balaban J connectivity index is 1.30. The number of halogens is 1. The van der Waals surface area contributed by atoms with Crippen LogP contribution in [-0.2, 0) is 0 Å². The molecule has 0 N–H and O–H groups in total. The summed E-state index contributed by atoms with van der Waals surface area (Å²) in [4.78, 5) is 17.5. The van der Waals surface area contributed by atoms with E-state index in [1.165, 1.54) is 0 Å². The molecule has 2 fully saturated rings. The average Bonchev–Trinajstić information content (AvgIpc) is 2.56. The van der Waals surface area contributed by atoms with Crippen molar-refractivity contribution in [2.24, 2.45) is 5.41 Å². The van der Waals surface area contributed by atoms with Crippen LogP contribution in [0, 0.1) is 12.0 Å². The molecule has 25 heavy (non-hydrogen) atoms. The van der Waals surface area contributed by atoms with E-state index in [9.17, 15) is 4.79 Å². The summed E-state index contributed by atoms with van der Waals surface area (Å²) in [7, 11) is 0. The van der Waals surface area contributed by atoms with E-state index in [0.717, 1.165) is 36.2 Å². The van der Waals surface area contributed by atoms with Crippen LogP contribution >= 0.6 is 15.9 Å². The molecule has 1 saturated heterocycles. The van der Waals surface area contributed by atoms with Gasteiger partial charge in [0.05, 0.1) is 6.57 Å². The lowest BCUT2D eigenvalue weighted by molar-refractivity contribution is -0.103. The Kier molecular flexibility index (Phi) is 3.92. The minimum atomic E-state index is -0.0539. The molecule has 126 valence electrons. The molecule has 0 radical (unpaired) electrons. The molecule has 1 aromatic carbocycles. The molecule has 1 aliphatic heterocycles. The highest BCUT2D eigenvalue weighted by molar-refractivity contribution is 9.10. The molecule has 4 rings (SSSR count). The third-order valence-electron chi connectivity index (χ3n) is 4.79. The molecule has 2 heterocycles. The fourth-order valence-corrected chi connectivity index (χ4v) is 4.02. The smallest absolute Gasteiger partial charge is 0.274 e. The molecule has 0 bridgehead atoms. The predicted molar refractivity (Wildman–Crippen MR) is 94.4 cm³/mol. The first kappa shape index (κ1) is 16.0. The maximum atomic E-state index is 12.3. The quantitative estimate of drug-likeness (QED) is 0.742. The van der Waals surface area contributed by atoms with E-state index in [0.29, 0.717) is 11.4 Å². The fourth-order valence-electron chi connectivity index (χ4n) is 3.58. The number of carbonyl (C=O) groups is 1. The Labute approximate surface area is 153 Å². The highest BCUT2D eigenvalue weighted by atomic mass is 79.9. The van der Waals surface area contributed by atoms with Crippen molar-refractivity contribution in [1.82, 2.24) is 15.1 Å². The Morgan fingerprint density at radius 2 is 2.16 bits per heavy atom. The molecule has 1 aliphatic carbocycles. The summed E-state index contributed by atoms with van der Waals surface area (Å²) in [6, 6.07) is 8.83. The molecule has 0 unspecified atom stereocenters. The number of hydrogen-bond acceptors (Lipinski definition) is 4. The van der Waals surface area contributed by atoms with Crippen LogP contribution in [0.2, 0.25) is 0 Å². The Bertz CT molecular complexity index is 851. The maximum Gasteiger partial charge on any atom is 0.274 e. The van der Waals surface area contributed by atoms with Gasteiger partial charge in [0.15, 0.2) is 5.69 Å². The zero-order valence-electron chi connectivity index (χ0n) is 13.4. The number of ether oxygens (including phenoxy) is 1. The van der Waals surface area contributed by atoms with Crippen molar-refractivity contribution in [3.63, 3.8) is 0 Å². The van der Waals surface area contributed by atoms with E-state index in [1.807, 2.05) is 17.0 Å². The molecule has 6 nitrogen and oxygen atoms in total.